The fourth-order valence-electron chi connectivity index (χ4n) is 3.80. The second kappa shape index (κ2) is 8.64. The van der Waals surface area contributed by atoms with Gasteiger partial charge in [-0.2, -0.15) is 0 Å². The Bertz CT molecular complexity index is 975. The average Bonchev–Trinajstić information content (AvgIpc) is 2.95. The lowest BCUT2D eigenvalue weighted by atomic mass is 10.00. The van der Waals surface area contributed by atoms with Crippen molar-refractivity contribution in [2.24, 2.45) is 0 Å². The van der Waals surface area contributed by atoms with E-state index in [1.807, 2.05) is 36.4 Å². The van der Waals surface area contributed by atoms with Crippen LogP contribution in [-0.2, 0) is 13.1 Å². The molecule has 0 bridgehead atoms. The molecule has 0 saturated heterocycles. The van der Waals surface area contributed by atoms with Gasteiger partial charge in [-0.05, 0) is 47.9 Å². The number of hydrogen-bond acceptors (Lipinski definition) is 5. The van der Waals surface area contributed by atoms with Crippen molar-refractivity contribution in [1.82, 2.24) is 9.88 Å². The number of methoxy groups -OCH3 is 1. The predicted molar refractivity (Wildman–Crippen MR) is 112 cm³/mol. The zero-order chi connectivity index (χ0) is 20.2. The highest BCUT2D eigenvalue weighted by molar-refractivity contribution is 5.41. The Morgan fingerprint density at radius 3 is 2.83 bits per heavy atom. The number of pyridine rings is 1. The Kier molecular flexibility index (Phi) is 5.79. The molecule has 0 amide bonds. The molecule has 3 aromatic rings. The number of aromatic nitrogens is 1. The molecule has 1 N–H and O–H groups in total. The van der Waals surface area contributed by atoms with E-state index in [1.165, 1.54) is 5.56 Å². The smallest absolute Gasteiger partial charge is 0.123 e. The minimum absolute atomic E-state index is 0.645. The van der Waals surface area contributed by atoms with E-state index >= 15 is 0 Å². The summed E-state index contributed by atoms with van der Waals surface area (Å²) in [6.07, 6.45) is 2.71. The molecule has 1 aliphatic rings. The largest absolute Gasteiger partial charge is 0.496 e. The van der Waals surface area contributed by atoms with Gasteiger partial charge in [-0.3, -0.25) is 9.88 Å². The van der Waals surface area contributed by atoms with Crippen molar-refractivity contribution in [2.75, 3.05) is 20.3 Å². The van der Waals surface area contributed by atoms with Crippen LogP contribution < -0.4 is 9.47 Å². The first-order valence-corrected chi connectivity index (χ1v) is 9.83. The summed E-state index contributed by atoms with van der Waals surface area (Å²) in [5.41, 5.74) is 5.11. The van der Waals surface area contributed by atoms with Gasteiger partial charge in [0.2, 0.25) is 0 Å². The summed E-state index contributed by atoms with van der Waals surface area (Å²) in [5.74, 6) is 1.80. The van der Waals surface area contributed by atoms with Crippen LogP contribution in [0.3, 0.4) is 0 Å². The number of fused-ring (bicyclic) bond motifs is 1. The molecule has 0 radical (unpaired) electrons. The number of aryl methyl sites for hydroxylation is 1. The van der Waals surface area contributed by atoms with E-state index in [0.717, 1.165) is 53.4 Å². The van der Waals surface area contributed by atoms with E-state index in [-0.39, 0.29) is 0 Å². The van der Waals surface area contributed by atoms with Crippen LogP contribution in [0.25, 0.3) is 0 Å². The molecule has 2 aromatic carbocycles. The van der Waals surface area contributed by atoms with E-state index in [2.05, 4.69) is 28.9 Å². The topological polar surface area (TPSA) is 54.8 Å². The SMILES string of the molecule is COc1ccc(CN2CCOc3ccc(C(O)c4cccnc4)cc3C2)cc1C. The third-order valence-electron chi connectivity index (χ3n) is 5.32. The molecule has 1 aliphatic heterocycles. The van der Waals surface area contributed by atoms with Crippen LogP contribution in [0.4, 0.5) is 0 Å². The maximum absolute atomic E-state index is 10.7. The summed E-state index contributed by atoms with van der Waals surface area (Å²) in [7, 11) is 1.70. The molecule has 0 spiro atoms. The van der Waals surface area contributed by atoms with Gasteiger partial charge in [-0.25, -0.2) is 0 Å². The number of aliphatic hydroxyl groups is 1. The third-order valence-corrected chi connectivity index (χ3v) is 5.32. The molecule has 0 saturated carbocycles. The fourth-order valence-corrected chi connectivity index (χ4v) is 3.80. The molecule has 1 aromatic heterocycles. The molecule has 0 fully saturated rings. The highest BCUT2D eigenvalue weighted by Crippen LogP contribution is 2.30. The minimum atomic E-state index is -0.699. The van der Waals surface area contributed by atoms with Crippen LogP contribution in [0.1, 0.15) is 33.9 Å². The second-order valence-corrected chi connectivity index (χ2v) is 7.42. The van der Waals surface area contributed by atoms with Crippen molar-refractivity contribution in [2.45, 2.75) is 26.1 Å². The van der Waals surface area contributed by atoms with Gasteiger partial charge < -0.3 is 14.6 Å². The van der Waals surface area contributed by atoms with Gasteiger partial charge in [0, 0.05) is 43.2 Å². The predicted octanol–water partition coefficient (Wildman–Crippen LogP) is 3.87. The lowest BCUT2D eigenvalue weighted by molar-refractivity contribution is 0.218. The molecular weight excluding hydrogens is 364 g/mol. The molecule has 1 atom stereocenters. The van der Waals surface area contributed by atoms with E-state index in [0.29, 0.717) is 6.61 Å². The van der Waals surface area contributed by atoms with Gasteiger partial charge in [0.25, 0.3) is 0 Å². The van der Waals surface area contributed by atoms with Crippen LogP contribution in [0.2, 0.25) is 0 Å². The Hall–Kier alpha value is -2.89. The van der Waals surface area contributed by atoms with Crippen molar-refractivity contribution in [1.29, 1.82) is 0 Å². The quantitative estimate of drug-likeness (QED) is 0.717. The molecule has 0 aliphatic carbocycles. The van der Waals surface area contributed by atoms with Crippen molar-refractivity contribution in [3.05, 3.63) is 88.7 Å². The van der Waals surface area contributed by atoms with Gasteiger partial charge in [-0.1, -0.05) is 24.3 Å². The number of nitrogens with zero attached hydrogens (tertiary/aromatic N) is 2. The molecule has 5 heteroatoms. The maximum Gasteiger partial charge on any atom is 0.123 e. The van der Waals surface area contributed by atoms with Crippen LogP contribution in [0.5, 0.6) is 11.5 Å². The second-order valence-electron chi connectivity index (χ2n) is 7.42. The monoisotopic (exact) mass is 390 g/mol. The minimum Gasteiger partial charge on any atom is -0.496 e. The fraction of sp³-hybridized carbons (Fsp3) is 0.292. The molecular formula is C24H26N2O3. The van der Waals surface area contributed by atoms with E-state index in [1.54, 1.807) is 19.5 Å². The highest BCUT2D eigenvalue weighted by atomic mass is 16.5. The van der Waals surface area contributed by atoms with Crippen LogP contribution in [0, 0.1) is 6.92 Å². The summed E-state index contributed by atoms with van der Waals surface area (Å²) in [6.45, 7) is 5.17. The summed E-state index contributed by atoms with van der Waals surface area (Å²) in [5, 5.41) is 10.7. The van der Waals surface area contributed by atoms with E-state index < -0.39 is 6.10 Å². The zero-order valence-corrected chi connectivity index (χ0v) is 16.8. The molecule has 5 nitrogen and oxygen atoms in total. The van der Waals surface area contributed by atoms with Gasteiger partial charge in [0.1, 0.15) is 24.2 Å². The Balaban J connectivity index is 1.54. The Morgan fingerprint density at radius 1 is 1.17 bits per heavy atom. The summed E-state index contributed by atoms with van der Waals surface area (Å²) in [4.78, 5) is 6.48. The van der Waals surface area contributed by atoms with E-state index in [4.69, 9.17) is 9.47 Å². The summed E-state index contributed by atoms with van der Waals surface area (Å²) in [6, 6.07) is 16.0. The average molecular weight is 390 g/mol. The highest BCUT2D eigenvalue weighted by Gasteiger charge is 2.19. The van der Waals surface area contributed by atoms with Crippen LogP contribution in [0.15, 0.2) is 60.9 Å². The van der Waals surface area contributed by atoms with Crippen LogP contribution >= 0.6 is 0 Å². The molecule has 29 heavy (non-hydrogen) atoms. The third kappa shape index (κ3) is 4.42. The number of hydrogen-bond donors (Lipinski definition) is 1. The van der Waals surface area contributed by atoms with Gasteiger partial charge in [0.15, 0.2) is 0 Å². The number of benzene rings is 2. The molecule has 1 unspecified atom stereocenters. The molecule has 4 rings (SSSR count). The first-order chi connectivity index (χ1) is 14.1. The lowest BCUT2D eigenvalue weighted by Crippen LogP contribution is -2.25. The molecule has 2 heterocycles. The summed E-state index contributed by atoms with van der Waals surface area (Å²) < 4.78 is 11.3. The maximum atomic E-state index is 10.7. The van der Waals surface area contributed by atoms with Gasteiger partial charge >= 0.3 is 0 Å². The van der Waals surface area contributed by atoms with Crippen molar-refractivity contribution in [3.8, 4) is 11.5 Å². The van der Waals surface area contributed by atoms with E-state index in [9.17, 15) is 5.11 Å². The van der Waals surface area contributed by atoms with Crippen molar-refractivity contribution >= 4 is 0 Å². The Morgan fingerprint density at radius 2 is 2.07 bits per heavy atom. The van der Waals surface area contributed by atoms with Gasteiger partial charge in [-0.15, -0.1) is 0 Å². The number of rotatable bonds is 5. The van der Waals surface area contributed by atoms with Crippen molar-refractivity contribution < 1.29 is 14.6 Å². The standard InChI is InChI=1S/C24H26N2O3/c1-17-12-18(5-7-22(17)28-2)15-26-10-11-29-23-8-6-19(13-21(23)16-26)24(27)20-4-3-9-25-14-20/h3-9,12-14,24,27H,10-11,15-16H2,1-2H3. The first kappa shape index (κ1) is 19.4. The summed E-state index contributed by atoms with van der Waals surface area (Å²) >= 11 is 0. The van der Waals surface area contributed by atoms with Crippen molar-refractivity contribution in [3.63, 3.8) is 0 Å². The number of aliphatic hydroxyl groups excluding tert-OH is 1. The number of ether oxygens (including phenoxy) is 2. The first-order valence-electron chi connectivity index (χ1n) is 9.83. The normalized spacial score (nSPS) is 15.1. The van der Waals surface area contributed by atoms with Crippen LogP contribution in [-0.4, -0.2) is 35.3 Å². The Labute approximate surface area is 171 Å². The molecule has 150 valence electrons. The lowest BCUT2D eigenvalue weighted by Gasteiger charge is -2.20. The zero-order valence-electron chi connectivity index (χ0n) is 16.8. The van der Waals surface area contributed by atoms with Gasteiger partial charge in [0.05, 0.1) is 7.11 Å².